The third-order valence-electron chi connectivity index (χ3n) is 7.16. The lowest BCUT2D eigenvalue weighted by Crippen LogP contribution is -2.40. The first-order valence-electron chi connectivity index (χ1n) is 12.6. The van der Waals surface area contributed by atoms with Gasteiger partial charge in [-0.3, -0.25) is 14.4 Å². The number of nitrogens with zero attached hydrogens (tertiary/aromatic N) is 3. The van der Waals surface area contributed by atoms with Gasteiger partial charge in [-0.2, -0.15) is 0 Å². The first-order valence-corrected chi connectivity index (χ1v) is 13.8. The lowest BCUT2D eigenvalue weighted by molar-refractivity contribution is -0.131. The number of hydrogen-bond acceptors (Lipinski definition) is 6. The molecule has 2 aliphatic rings. The molecule has 2 bridgehead atoms. The van der Waals surface area contributed by atoms with Crippen LogP contribution in [0, 0.1) is 10.8 Å². The molecule has 4 rings (SSSR count). The van der Waals surface area contributed by atoms with Crippen molar-refractivity contribution in [3.8, 4) is 0 Å². The van der Waals surface area contributed by atoms with E-state index in [-0.39, 0.29) is 60.7 Å². The molecule has 2 aromatic rings. The van der Waals surface area contributed by atoms with E-state index in [9.17, 15) is 14.4 Å². The van der Waals surface area contributed by atoms with Crippen molar-refractivity contribution in [1.82, 2.24) is 14.8 Å². The van der Waals surface area contributed by atoms with Crippen molar-refractivity contribution in [3.05, 3.63) is 45.9 Å². The summed E-state index contributed by atoms with van der Waals surface area (Å²) in [5.74, 6) is -0.645. The fourth-order valence-electron chi connectivity index (χ4n) is 6.04. The third kappa shape index (κ3) is 6.69. The number of thiazole rings is 1. The van der Waals surface area contributed by atoms with Crippen LogP contribution in [0.1, 0.15) is 56.1 Å². The molecule has 37 heavy (non-hydrogen) atoms. The van der Waals surface area contributed by atoms with Crippen molar-refractivity contribution in [2.24, 2.45) is 10.8 Å². The summed E-state index contributed by atoms with van der Waals surface area (Å²) in [5, 5.41) is 5.29. The standard InChI is InChI=1S/C27H35ClN4O4S/c1-26(2)12-19-13-27(3,16-26)17-32(19)23(34)11-18-15-37-25(29-18)30-22(33)14-31(9-10-36-4)24(35)20-7-5-6-8-21(20)28/h5-8,15,19H,9-14,16-17H2,1-4H3,(H,29,30,33). The number of nitrogens with one attached hydrogen (secondary N) is 1. The molecule has 1 aliphatic carbocycles. The molecule has 2 fully saturated rings. The minimum Gasteiger partial charge on any atom is -0.383 e. The van der Waals surface area contributed by atoms with Crippen molar-refractivity contribution in [2.75, 3.05) is 38.7 Å². The maximum Gasteiger partial charge on any atom is 0.255 e. The SMILES string of the molecule is COCCN(CC(=O)Nc1nc(CC(=O)N2CC3(C)CC2CC(C)(C)C3)cs1)C(=O)c1ccccc1Cl. The Bertz CT molecular complexity index is 1170. The Balaban J connectivity index is 1.35. The summed E-state index contributed by atoms with van der Waals surface area (Å²) in [6, 6.07) is 7.02. The van der Waals surface area contributed by atoms with Gasteiger partial charge in [0.15, 0.2) is 5.13 Å². The van der Waals surface area contributed by atoms with E-state index in [1.165, 1.54) is 23.3 Å². The van der Waals surface area contributed by atoms with E-state index in [0.717, 1.165) is 25.8 Å². The third-order valence-corrected chi connectivity index (χ3v) is 8.29. The van der Waals surface area contributed by atoms with Crippen LogP contribution in [0.2, 0.25) is 5.02 Å². The predicted octanol–water partition coefficient (Wildman–Crippen LogP) is 4.49. The second kappa shape index (κ2) is 11.1. The number of hydrogen-bond donors (Lipinski definition) is 1. The summed E-state index contributed by atoms with van der Waals surface area (Å²) < 4.78 is 5.11. The highest BCUT2D eigenvalue weighted by Gasteiger charge is 2.50. The molecule has 10 heteroatoms. The minimum absolute atomic E-state index is 0.0886. The number of likely N-dealkylation sites (tertiary alicyclic amines) is 1. The van der Waals surface area contributed by atoms with E-state index in [2.05, 4.69) is 31.1 Å². The van der Waals surface area contributed by atoms with Crippen LogP contribution < -0.4 is 5.32 Å². The summed E-state index contributed by atoms with van der Waals surface area (Å²) in [4.78, 5) is 46.9. The van der Waals surface area contributed by atoms with Crippen molar-refractivity contribution in [1.29, 1.82) is 0 Å². The smallest absolute Gasteiger partial charge is 0.255 e. The van der Waals surface area contributed by atoms with Crippen molar-refractivity contribution in [2.45, 2.75) is 52.5 Å². The van der Waals surface area contributed by atoms with Gasteiger partial charge in [-0.05, 0) is 42.2 Å². The molecule has 1 saturated heterocycles. The highest BCUT2D eigenvalue weighted by atomic mass is 35.5. The maximum atomic E-state index is 13.2. The Morgan fingerprint density at radius 2 is 2.00 bits per heavy atom. The quantitative estimate of drug-likeness (QED) is 0.500. The lowest BCUT2D eigenvalue weighted by atomic mass is 9.65. The van der Waals surface area contributed by atoms with Crippen LogP contribution in [0.15, 0.2) is 29.6 Å². The van der Waals surface area contributed by atoms with Crippen LogP contribution in [0.3, 0.4) is 0 Å². The zero-order chi connectivity index (χ0) is 26.8. The molecule has 8 nitrogen and oxygen atoms in total. The Morgan fingerprint density at radius 1 is 1.24 bits per heavy atom. The van der Waals surface area contributed by atoms with Gasteiger partial charge < -0.3 is 19.9 Å². The van der Waals surface area contributed by atoms with E-state index >= 15 is 0 Å². The van der Waals surface area contributed by atoms with Gasteiger partial charge in [0.1, 0.15) is 6.54 Å². The number of amides is 3. The zero-order valence-corrected chi connectivity index (χ0v) is 23.5. The number of carbonyl (C=O) groups is 3. The summed E-state index contributed by atoms with van der Waals surface area (Å²) in [5.41, 5.74) is 1.39. The molecule has 1 saturated carbocycles. The normalized spacial score (nSPS) is 22.1. The highest BCUT2D eigenvalue weighted by molar-refractivity contribution is 7.13. The second-order valence-electron chi connectivity index (χ2n) is 11.3. The van der Waals surface area contributed by atoms with E-state index in [1.807, 2.05) is 4.90 Å². The number of fused-ring (bicyclic) bond motifs is 2. The number of aromatic nitrogens is 1. The number of rotatable bonds is 9. The van der Waals surface area contributed by atoms with Crippen LogP contribution in [0.4, 0.5) is 5.13 Å². The molecule has 1 aromatic heterocycles. The first-order chi connectivity index (χ1) is 17.5. The van der Waals surface area contributed by atoms with E-state index in [1.54, 1.807) is 29.6 Å². The van der Waals surface area contributed by atoms with Crippen LogP contribution >= 0.6 is 22.9 Å². The second-order valence-corrected chi connectivity index (χ2v) is 12.6. The highest BCUT2D eigenvalue weighted by Crippen LogP contribution is 2.52. The Kier molecular flexibility index (Phi) is 8.26. The summed E-state index contributed by atoms with van der Waals surface area (Å²) in [6.07, 6.45) is 3.43. The van der Waals surface area contributed by atoms with Gasteiger partial charge in [-0.25, -0.2) is 4.98 Å². The lowest BCUT2D eigenvalue weighted by Gasteiger charge is -2.39. The van der Waals surface area contributed by atoms with E-state index in [4.69, 9.17) is 16.3 Å². The largest absolute Gasteiger partial charge is 0.383 e. The Morgan fingerprint density at radius 3 is 2.73 bits per heavy atom. The molecule has 3 amide bonds. The molecule has 0 spiro atoms. The van der Waals surface area contributed by atoms with Crippen molar-refractivity contribution < 1.29 is 19.1 Å². The number of benzene rings is 1. The molecule has 1 aromatic carbocycles. The van der Waals surface area contributed by atoms with Gasteiger partial charge in [0, 0.05) is 31.6 Å². The van der Waals surface area contributed by atoms with Gasteiger partial charge in [0.2, 0.25) is 11.8 Å². The van der Waals surface area contributed by atoms with Crippen LogP contribution in [-0.4, -0.2) is 71.9 Å². The Hall–Kier alpha value is -2.49. The van der Waals surface area contributed by atoms with Crippen LogP contribution in [0.25, 0.3) is 0 Å². The molecule has 0 radical (unpaired) electrons. The fourth-order valence-corrected chi connectivity index (χ4v) is 6.99. The van der Waals surface area contributed by atoms with Crippen LogP contribution in [0.5, 0.6) is 0 Å². The van der Waals surface area contributed by atoms with Gasteiger partial charge in [0.25, 0.3) is 5.91 Å². The number of carbonyl (C=O) groups excluding carboxylic acids is 3. The summed E-state index contributed by atoms with van der Waals surface area (Å²) >= 11 is 7.46. The number of ether oxygens (including phenoxy) is 1. The molecule has 1 aliphatic heterocycles. The molecular weight excluding hydrogens is 512 g/mol. The topological polar surface area (TPSA) is 91.8 Å². The maximum absolute atomic E-state index is 13.2. The van der Waals surface area contributed by atoms with Gasteiger partial charge in [-0.15, -0.1) is 11.3 Å². The molecule has 200 valence electrons. The number of anilines is 1. The molecule has 1 N–H and O–H groups in total. The monoisotopic (exact) mass is 546 g/mol. The van der Waals surface area contributed by atoms with Crippen molar-refractivity contribution >= 4 is 45.8 Å². The average molecular weight is 547 g/mol. The fraction of sp³-hybridized carbons (Fsp3) is 0.556. The van der Waals surface area contributed by atoms with Gasteiger partial charge in [-0.1, -0.05) is 44.5 Å². The molecule has 2 atom stereocenters. The van der Waals surface area contributed by atoms with Gasteiger partial charge in [0.05, 0.1) is 29.3 Å². The van der Waals surface area contributed by atoms with Crippen LogP contribution in [-0.2, 0) is 20.7 Å². The predicted molar refractivity (Wildman–Crippen MR) is 145 cm³/mol. The molecular formula is C27H35ClN4O4S. The summed E-state index contributed by atoms with van der Waals surface area (Å²) in [6.45, 7) is 8.00. The number of methoxy groups -OCH3 is 1. The summed E-state index contributed by atoms with van der Waals surface area (Å²) in [7, 11) is 1.53. The van der Waals surface area contributed by atoms with Crippen molar-refractivity contribution in [3.63, 3.8) is 0 Å². The van der Waals surface area contributed by atoms with Gasteiger partial charge >= 0.3 is 0 Å². The minimum atomic E-state index is -0.382. The average Bonchev–Trinajstić information content (AvgIpc) is 3.35. The first kappa shape index (κ1) is 27.5. The zero-order valence-electron chi connectivity index (χ0n) is 21.9. The number of halogens is 1. The molecule has 2 unspecified atom stereocenters. The molecule has 2 heterocycles. The van der Waals surface area contributed by atoms with E-state index < -0.39 is 0 Å². The van der Waals surface area contributed by atoms with E-state index in [0.29, 0.717) is 21.4 Å². The Labute approximate surface area is 227 Å².